The molecule has 9 heteroatoms. The van der Waals surface area contributed by atoms with Crippen LogP contribution in [0.3, 0.4) is 0 Å². The molecule has 0 unspecified atom stereocenters. The summed E-state index contributed by atoms with van der Waals surface area (Å²) in [6.45, 7) is 0. The number of halogens is 1. The molecule has 31 heavy (non-hydrogen) atoms. The zero-order valence-corrected chi connectivity index (χ0v) is 19.4. The van der Waals surface area contributed by atoms with Gasteiger partial charge in [0.05, 0.1) is 25.9 Å². The molecule has 4 aromatic rings. The number of aromatic nitrogens is 3. The van der Waals surface area contributed by atoms with Crippen molar-refractivity contribution >= 4 is 50.5 Å². The Morgan fingerprint density at radius 2 is 1.71 bits per heavy atom. The summed E-state index contributed by atoms with van der Waals surface area (Å²) in [6, 6.07) is 11.2. The van der Waals surface area contributed by atoms with Crippen LogP contribution in [0, 0.1) is 0 Å². The number of thiazole rings is 1. The molecule has 0 N–H and O–H groups in total. The standard InChI is InChI=1S/C22H18BrN3O4S/c1-28-16-8-6-15(23)11-14(16)12-19-21(27)26-22(31-19)24-20(25-26)9-5-13-4-7-17(29-2)18(10-13)30-3/h4-12H,1-3H3/b9-5+,19-12-. The van der Waals surface area contributed by atoms with Gasteiger partial charge in [-0.25, -0.2) is 0 Å². The first-order chi connectivity index (χ1) is 15.0. The lowest BCUT2D eigenvalue weighted by Gasteiger charge is -2.07. The summed E-state index contributed by atoms with van der Waals surface area (Å²) in [5, 5.41) is 4.33. The van der Waals surface area contributed by atoms with Crippen LogP contribution in [0.15, 0.2) is 45.7 Å². The summed E-state index contributed by atoms with van der Waals surface area (Å²) < 4.78 is 18.7. The Bertz CT molecular complexity index is 1390. The Morgan fingerprint density at radius 3 is 2.42 bits per heavy atom. The monoisotopic (exact) mass is 499 g/mol. The molecule has 7 nitrogen and oxygen atoms in total. The molecular weight excluding hydrogens is 482 g/mol. The lowest BCUT2D eigenvalue weighted by molar-refractivity contribution is 0.355. The zero-order chi connectivity index (χ0) is 22.0. The largest absolute Gasteiger partial charge is 0.496 e. The zero-order valence-electron chi connectivity index (χ0n) is 17.0. The van der Waals surface area contributed by atoms with Crippen LogP contribution in [0.25, 0.3) is 23.2 Å². The molecule has 0 aliphatic carbocycles. The third-order valence-electron chi connectivity index (χ3n) is 4.51. The number of ether oxygens (including phenoxy) is 3. The van der Waals surface area contributed by atoms with Crippen molar-refractivity contribution in [3.63, 3.8) is 0 Å². The third-order valence-corrected chi connectivity index (χ3v) is 5.96. The second-order valence-electron chi connectivity index (χ2n) is 6.41. The minimum absolute atomic E-state index is 0.222. The molecule has 0 amide bonds. The summed E-state index contributed by atoms with van der Waals surface area (Å²) in [5.74, 6) is 2.42. The Hall–Kier alpha value is -3.17. The molecule has 0 atom stereocenters. The SMILES string of the molecule is COc1ccc(Br)cc1/C=c1\sc2nc(/C=C/c3ccc(OC)c(OC)c3)nn2c1=O. The minimum Gasteiger partial charge on any atom is -0.496 e. The van der Waals surface area contributed by atoms with E-state index in [9.17, 15) is 4.79 Å². The summed E-state index contributed by atoms with van der Waals surface area (Å²) in [5.41, 5.74) is 1.47. The van der Waals surface area contributed by atoms with Crippen molar-refractivity contribution in [1.29, 1.82) is 0 Å². The highest BCUT2D eigenvalue weighted by Gasteiger charge is 2.10. The molecule has 0 saturated carbocycles. The topological polar surface area (TPSA) is 74.9 Å². The quantitative estimate of drug-likeness (QED) is 0.403. The Kier molecular flexibility index (Phi) is 6.06. The number of hydrogen-bond donors (Lipinski definition) is 0. The van der Waals surface area contributed by atoms with E-state index in [-0.39, 0.29) is 5.56 Å². The molecule has 2 aromatic carbocycles. The second-order valence-corrected chi connectivity index (χ2v) is 8.34. The Morgan fingerprint density at radius 1 is 0.968 bits per heavy atom. The van der Waals surface area contributed by atoms with Crippen LogP contribution >= 0.6 is 27.3 Å². The van der Waals surface area contributed by atoms with Crippen molar-refractivity contribution in [2.45, 2.75) is 0 Å². The van der Waals surface area contributed by atoms with E-state index >= 15 is 0 Å². The van der Waals surface area contributed by atoms with Gasteiger partial charge in [0.2, 0.25) is 4.96 Å². The molecule has 0 radical (unpaired) electrons. The highest BCUT2D eigenvalue weighted by molar-refractivity contribution is 9.10. The van der Waals surface area contributed by atoms with Gasteiger partial charge in [-0.05, 0) is 48.0 Å². The highest BCUT2D eigenvalue weighted by atomic mass is 79.9. The van der Waals surface area contributed by atoms with Crippen molar-refractivity contribution in [2.75, 3.05) is 21.3 Å². The number of hydrogen-bond acceptors (Lipinski definition) is 7. The van der Waals surface area contributed by atoms with Crippen LogP contribution in [0.1, 0.15) is 17.0 Å². The van der Waals surface area contributed by atoms with E-state index in [4.69, 9.17) is 14.2 Å². The molecular formula is C22H18BrN3O4S. The van der Waals surface area contributed by atoms with Crippen molar-refractivity contribution in [1.82, 2.24) is 14.6 Å². The van der Waals surface area contributed by atoms with E-state index in [0.29, 0.717) is 32.6 Å². The summed E-state index contributed by atoms with van der Waals surface area (Å²) >= 11 is 4.72. The smallest absolute Gasteiger partial charge is 0.291 e. The van der Waals surface area contributed by atoms with E-state index < -0.39 is 0 Å². The molecule has 4 rings (SSSR count). The summed E-state index contributed by atoms with van der Waals surface area (Å²) in [6.07, 6.45) is 5.39. The van der Waals surface area contributed by atoms with Crippen LogP contribution in [0.5, 0.6) is 17.2 Å². The molecule has 2 aromatic heterocycles. The summed E-state index contributed by atoms with van der Waals surface area (Å²) in [4.78, 5) is 17.8. The van der Waals surface area contributed by atoms with Gasteiger partial charge in [0.25, 0.3) is 5.56 Å². The molecule has 0 aliphatic heterocycles. The van der Waals surface area contributed by atoms with Gasteiger partial charge in [0, 0.05) is 10.0 Å². The third kappa shape index (κ3) is 4.33. The van der Waals surface area contributed by atoms with Crippen molar-refractivity contribution in [2.24, 2.45) is 0 Å². The van der Waals surface area contributed by atoms with E-state index in [1.807, 2.05) is 42.5 Å². The van der Waals surface area contributed by atoms with Gasteiger partial charge in [0.15, 0.2) is 17.3 Å². The normalized spacial score (nSPS) is 12.1. The number of benzene rings is 2. The average molecular weight is 500 g/mol. The lowest BCUT2D eigenvalue weighted by atomic mass is 10.2. The average Bonchev–Trinajstić information content (AvgIpc) is 3.31. The molecule has 0 bridgehead atoms. The van der Waals surface area contributed by atoms with Gasteiger partial charge >= 0.3 is 0 Å². The maximum Gasteiger partial charge on any atom is 0.291 e. The van der Waals surface area contributed by atoms with Crippen LogP contribution in [0.4, 0.5) is 0 Å². The molecule has 0 saturated heterocycles. The van der Waals surface area contributed by atoms with Crippen LogP contribution in [-0.2, 0) is 0 Å². The van der Waals surface area contributed by atoms with Gasteiger partial charge in [-0.3, -0.25) is 4.79 Å². The molecule has 158 valence electrons. The van der Waals surface area contributed by atoms with Crippen molar-refractivity contribution in [3.8, 4) is 17.2 Å². The van der Waals surface area contributed by atoms with Gasteiger partial charge in [-0.2, -0.15) is 9.50 Å². The van der Waals surface area contributed by atoms with E-state index in [2.05, 4.69) is 26.0 Å². The van der Waals surface area contributed by atoms with Crippen molar-refractivity contribution in [3.05, 3.63) is 72.7 Å². The molecule has 2 heterocycles. The predicted octanol–water partition coefficient (Wildman–Crippen LogP) is 3.66. The van der Waals surface area contributed by atoms with E-state index in [0.717, 1.165) is 15.6 Å². The molecule has 0 spiro atoms. The number of rotatable bonds is 6. The van der Waals surface area contributed by atoms with E-state index in [1.165, 1.54) is 15.9 Å². The maximum absolute atomic E-state index is 12.8. The van der Waals surface area contributed by atoms with Crippen molar-refractivity contribution < 1.29 is 14.2 Å². The van der Waals surface area contributed by atoms with Crippen LogP contribution in [-0.4, -0.2) is 35.9 Å². The van der Waals surface area contributed by atoms with Gasteiger partial charge in [-0.1, -0.05) is 39.4 Å². The first-order valence-corrected chi connectivity index (χ1v) is 10.8. The lowest BCUT2D eigenvalue weighted by Crippen LogP contribution is -2.23. The first-order valence-electron chi connectivity index (χ1n) is 9.17. The van der Waals surface area contributed by atoms with Gasteiger partial charge < -0.3 is 14.2 Å². The van der Waals surface area contributed by atoms with Gasteiger partial charge in [-0.15, -0.1) is 5.10 Å². The minimum atomic E-state index is -0.222. The predicted molar refractivity (Wildman–Crippen MR) is 125 cm³/mol. The fourth-order valence-corrected chi connectivity index (χ4v) is 4.29. The second kappa shape index (κ2) is 8.91. The number of nitrogens with zero attached hydrogens (tertiary/aromatic N) is 3. The summed E-state index contributed by atoms with van der Waals surface area (Å²) in [7, 11) is 4.77. The number of fused-ring (bicyclic) bond motifs is 1. The van der Waals surface area contributed by atoms with Gasteiger partial charge in [0.1, 0.15) is 5.75 Å². The Balaban J connectivity index is 1.66. The molecule has 0 aliphatic rings. The van der Waals surface area contributed by atoms with Crippen LogP contribution in [0.2, 0.25) is 0 Å². The number of methoxy groups -OCH3 is 3. The fourth-order valence-electron chi connectivity index (χ4n) is 3.01. The molecule has 0 fully saturated rings. The van der Waals surface area contributed by atoms with Crippen LogP contribution < -0.4 is 24.3 Å². The van der Waals surface area contributed by atoms with E-state index in [1.54, 1.807) is 33.5 Å². The fraction of sp³-hybridized carbons (Fsp3) is 0.136. The Labute approximate surface area is 190 Å². The first kappa shape index (κ1) is 21.1. The highest BCUT2D eigenvalue weighted by Crippen LogP contribution is 2.28. The maximum atomic E-state index is 12.8.